The van der Waals surface area contributed by atoms with Gasteiger partial charge in [0.15, 0.2) is 0 Å². The summed E-state index contributed by atoms with van der Waals surface area (Å²) in [6.07, 6.45) is 5.44. The number of aryl methyl sites for hydroxylation is 1. The predicted molar refractivity (Wildman–Crippen MR) is 79.5 cm³/mol. The smallest absolute Gasteiger partial charge is 0.207 e. The van der Waals surface area contributed by atoms with Crippen LogP contribution in [-0.4, -0.2) is 8.42 Å². The van der Waals surface area contributed by atoms with Crippen LogP contribution >= 0.6 is 0 Å². The van der Waals surface area contributed by atoms with E-state index in [1.165, 1.54) is 0 Å². The Balaban J connectivity index is 2.28. The molecule has 0 amide bonds. The molecule has 2 aromatic rings. The summed E-state index contributed by atoms with van der Waals surface area (Å²) in [7, 11) is -3.63. The Bertz CT molecular complexity index is 713. The molecule has 0 aliphatic carbocycles. The van der Waals surface area contributed by atoms with Gasteiger partial charge in [-0.05, 0) is 24.6 Å². The molecule has 0 spiro atoms. The summed E-state index contributed by atoms with van der Waals surface area (Å²) in [6, 6.07) is 15.0. The molecular weight excluding hydrogens is 270 g/mol. The zero-order chi connectivity index (χ0) is 14.6. The van der Waals surface area contributed by atoms with E-state index >= 15 is 0 Å². The van der Waals surface area contributed by atoms with Gasteiger partial charge in [-0.15, -0.1) is 6.42 Å². The van der Waals surface area contributed by atoms with Gasteiger partial charge in [-0.1, -0.05) is 53.9 Å². The molecule has 1 unspecified atom stereocenters. The third kappa shape index (κ3) is 3.27. The lowest BCUT2D eigenvalue weighted by atomic mass is 10.1. The van der Waals surface area contributed by atoms with Crippen molar-refractivity contribution < 1.29 is 8.42 Å². The molecule has 0 aliphatic rings. The molecule has 0 fully saturated rings. The molecule has 0 bridgehead atoms. The van der Waals surface area contributed by atoms with Gasteiger partial charge < -0.3 is 0 Å². The van der Waals surface area contributed by atoms with Gasteiger partial charge >= 0.3 is 0 Å². The van der Waals surface area contributed by atoms with E-state index in [2.05, 4.69) is 10.6 Å². The van der Waals surface area contributed by atoms with Crippen molar-refractivity contribution >= 4 is 10.0 Å². The fraction of sp³-hybridized carbons (Fsp3) is 0.125. The van der Waals surface area contributed by atoms with Crippen molar-refractivity contribution in [1.82, 2.24) is 4.72 Å². The summed E-state index contributed by atoms with van der Waals surface area (Å²) in [5, 5.41) is 0. The SMILES string of the molecule is C#CC(NS(=O)(=O)c1ccc(C)cc1)c1ccccc1. The summed E-state index contributed by atoms with van der Waals surface area (Å²) >= 11 is 0. The molecule has 102 valence electrons. The second kappa shape index (κ2) is 5.91. The molecule has 0 saturated carbocycles. The van der Waals surface area contributed by atoms with E-state index in [0.29, 0.717) is 0 Å². The minimum Gasteiger partial charge on any atom is -0.207 e. The first-order chi connectivity index (χ1) is 9.53. The van der Waals surface area contributed by atoms with Gasteiger partial charge in [0, 0.05) is 0 Å². The standard InChI is InChI=1S/C16H15NO2S/c1-3-16(14-7-5-4-6-8-14)17-20(18,19)15-11-9-13(2)10-12-15/h1,4-12,16-17H,2H3. The largest absolute Gasteiger partial charge is 0.241 e. The number of nitrogens with one attached hydrogen (secondary N) is 1. The van der Waals surface area contributed by atoms with Gasteiger partial charge in [0.2, 0.25) is 10.0 Å². The van der Waals surface area contributed by atoms with Crippen LogP contribution in [0.2, 0.25) is 0 Å². The summed E-state index contributed by atoms with van der Waals surface area (Å²) in [4.78, 5) is 0.208. The maximum atomic E-state index is 12.3. The molecule has 20 heavy (non-hydrogen) atoms. The zero-order valence-electron chi connectivity index (χ0n) is 11.1. The Hall–Kier alpha value is -2.09. The molecule has 0 radical (unpaired) electrons. The van der Waals surface area contributed by atoms with Crippen LogP contribution in [0.3, 0.4) is 0 Å². The van der Waals surface area contributed by atoms with Gasteiger partial charge in [0.05, 0.1) is 4.90 Å². The van der Waals surface area contributed by atoms with Gasteiger partial charge in [-0.3, -0.25) is 0 Å². The van der Waals surface area contributed by atoms with Gasteiger partial charge in [-0.2, -0.15) is 4.72 Å². The monoisotopic (exact) mass is 285 g/mol. The Labute approximate surface area is 119 Å². The van der Waals surface area contributed by atoms with Crippen LogP contribution in [0.5, 0.6) is 0 Å². The van der Waals surface area contributed by atoms with Crippen molar-refractivity contribution in [2.45, 2.75) is 17.9 Å². The van der Waals surface area contributed by atoms with E-state index in [0.717, 1.165) is 11.1 Å². The number of hydrogen-bond acceptors (Lipinski definition) is 2. The lowest BCUT2D eigenvalue weighted by Gasteiger charge is -2.14. The molecule has 4 heteroatoms. The minimum absolute atomic E-state index is 0.208. The van der Waals surface area contributed by atoms with E-state index in [1.54, 1.807) is 36.4 Å². The maximum absolute atomic E-state index is 12.3. The van der Waals surface area contributed by atoms with E-state index in [4.69, 9.17) is 6.42 Å². The van der Waals surface area contributed by atoms with Crippen LogP contribution in [0.4, 0.5) is 0 Å². The van der Waals surface area contributed by atoms with Gasteiger partial charge in [0.25, 0.3) is 0 Å². The highest BCUT2D eigenvalue weighted by molar-refractivity contribution is 7.89. The second-order valence-corrected chi connectivity index (χ2v) is 6.16. The fourth-order valence-corrected chi connectivity index (χ4v) is 2.93. The highest BCUT2D eigenvalue weighted by atomic mass is 32.2. The summed E-state index contributed by atoms with van der Waals surface area (Å²) in [5.41, 5.74) is 1.74. The second-order valence-electron chi connectivity index (χ2n) is 4.44. The Kier molecular flexibility index (Phi) is 4.23. The van der Waals surface area contributed by atoms with Crippen molar-refractivity contribution in [1.29, 1.82) is 0 Å². The van der Waals surface area contributed by atoms with E-state index in [1.807, 2.05) is 25.1 Å². The number of benzene rings is 2. The normalized spacial score (nSPS) is 12.6. The highest BCUT2D eigenvalue weighted by Crippen LogP contribution is 2.17. The average Bonchev–Trinajstić information content (AvgIpc) is 2.46. The number of terminal acetylenes is 1. The van der Waals surface area contributed by atoms with Gasteiger partial charge in [-0.25, -0.2) is 8.42 Å². The lowest BCUT2D eigenvalue weighted by molar-refractivity contribution is 0.576. The van der Waals surface area contributed by atoms with Crippen molar-refractivity contribution in [2.75, 3.05) is 0 Å². The number of rotatable bonds is 4. The quantitative estimate of drug-likeness (QED) is 0.878. The molecule has 0 saturated heterocycles. The molecule has 0 aliphatic heterocycles. The third-order valence-corrected chi connectivity index (χ3v) is 4.34. The van der Waals surface area contributed by atoms with Crippen molar-refractivity contribution in [3.63, 3.8) is 0 Å². The molecule has 2 rings (SSSR count). The summed E-state index contributed by atoms with van der Waals surface area (Å²) in [5.74, 6) is 2.47. The number of hydrogen-bond donors (Lipinski definition) is 1. The average molecular weight is 285 g/mol. The summed E-state index contributed by atoms with van der Waals surface area (Å²) in [6.45, 7) is 1.90. The molecule has 1 atom stereocenters. The van der Waals surface area contributed by atoms with Crippen molar-refractivity contribution in [2.24, 2.45) is 0 Å². The molecular formula is C16H15NO2S. The van der Waals surface area contributed by atoms with Crippen LogP contribution < -0.4 is 4.72 Å². The number of sulfonamides is 1. The first-order valence-electron chi connectivity index (χ1n) is 6.13. The van der Waals surface area contributed by atoms with Gasteiger partial charge in [0.1, 0.15) is 6.04 Å². The molecule has 3 nitrogen and oxygen atoms in total. The highest BCUT2D eigenvalue weighted by Gasteiger charge is 2.19. The minimum atomic E-state index is -3.63. The van der Waals surface area contributed by atoms with Crippen LogP contribution in [0.1, 0.15) is 17.2 Å². The summed E-state index contributed by atoms with van der Waals surface area (Å²) < 4.78 is 27.1. The maximum Gasteiger partial charge on any atom is 0.241 e. The topological polar surface area (TPSA) is 46.2 Å². The molecule has 0 aromatic heterocycles. The van der Waals surface area contributed by atoms with E-state index < -0.39 is 16.1 Å². The van der Waals surface area contributed by atoms with Crippen LogP contribution in [-0.2, 0) is 10.0 Å². The third-order valence-electron chi connectivity index (χ3n) is 2.90. The fourth-order valence-electron chi connectivity index (χ4n) is 1.78. The van der Waals surface area contributed by atoms with Crippen molar-refractivity contribution in [3.8, 4) is 12.3 Å². The Morgan fingerprint density at radius 3 is 2.20 bits per heavy atom. The van der Waals surface area contributed by atoms with Crippen LogP contribution in [0, 0.1) is 19.3 Å². The molecule has 2 aromatic carbocycles. The zero-order valence-corrected chi connectivity index (χ0v) is 11.9. The van der Waals surface area contributed by atoms with Crippen LogP contribution in [0.15, 0.2) is 59.5 Å². The Morgan fingerprint density at radius 1 is 1.05 bits per heavy atom. The first kappa shape index (κ1) is 14.3. The lowest BCUT2D eigenvalue weighted by Crippen LogP contribution is -2.27. The predicted octanol–water partition coefficient (Wildman–Crippen LogP) is 2.65. The van der Waals surface area contributed by atoms with E-state index in [9.17, 15) is 8.42 Å². The van der Waals surface area contributed by atoms with Crippen LogP contribution in [0.25, 0.3) is 0 Å². The molecule has 1 N–H and O–H groups in total. The molecule has 0 heterocycles. The van der Waals surface area contributed by atoms with E-state index in [-0.39, 0.29) is 4.90 Å². The first-order valence-corrected chi connectivity index (χ1v) is 7.61. The Morgan fingerprint density at radius 2 is 1.65 bits per heavy atom. The van der Waals surface area contributed by atoms with Crippen molar-refractivity contribution in [3.05, 3.63) is 65.7 Å².